The van der Waals surface area contributed by atoms with Crippen LogP contribution < -0.4 is 5.32 Å². The lowest BCUT2D eigenvalue weighted by atomic mass is 9.98. The molecule has 0 heterocycles. The van der Waals surface area contributed by atoms with Crippen LogP contribution in [0.15, 0.2) is 54.6 Å². The molecule has 2 aromatic rings. The van der Waals surface area contributed by atoms with Gasteiger partial charge in [0.1, 0.15) is 0 Å². The lowest BCUT2D eigenvalue weighted by Crippen LogP contribution is -2.31. The number of hydrogen-bond acceptors (Lipinski definition) is 4. The van der Waals surface area contributed by atoms with Crippen molar-refractivity contribution in [3.05, 3.63) is 71.3 Å². The van der Waals surface area contributed by atoms with Gasteiger partial charge in [0.2, 0.25) is 0 Å². The van der Waals surface area contributed by atoms with Gasteiger partial charge in [0.05, 0.1) is 18.6 Å². The molecular formula is C18H17NO5. The molecule has 2 rings (SSSR count). The van der Waals surface area contributed by atoms with Crippen LogP contribution in [-0.4, -0.2) is 36.6 Å². The molecule has 0 aliphatic carbocycles. The van der Waals surface area contributed by atoms with E-state index in [9.17, 15) is 19.5 Å². The molecule has 0 spiro atoms. The molecule has 0 radical (unpaired) electrons. The van der Waals surface area contributed by atoms with E-state index in [2.05, 4.69) is 10.1 Å². The van der Waals surface area contributed by atoms with Crippen molar-refractivity contribution in [2.24, 2.45) is 0 Å². The van der Waals surface area contributed by atoms with Crippen LogP contribution in [-0.2, 0) is 9.53 Å². The van der Waals surface area contributed by atoms with Crippen molar-refractivity contribution >= 4 is 17.8 Å². The van der Waals surface area contributed by atoms with Crippen LogP contribution in [0.1, 0.15) is 32.2 Å². The zero-order valence-electron chi connectivity index (χ0n) is 13.1. The first-order valence-electron chi connectivity index (χ1n) is 7.27. The second-order valence-electron chi connectivity index (χ2n) is 5.08. The van der Waals surface area contributed by atoms with Gasteiger partial charge in [-0.3, -0.25) is 9.59 Å². The molecule has 6 heteroatoms. The zero-order valence-corrected chi connectivity index (χ0v) is 13.1. The van der Waals surface area contributed by atoms with Gasteiger partial charge in [0, 0.05) is 12.1 Å². The molecule has 1 atom stereocenters. The third-order valence-corrected chi connectivity index (χ3v) is 3.53. The molecule has 0 bridgehead atoms. The third-order valence-electron chi connectivity index (χ3n) is 3.53. The summed E-state index contributed by atoms with van der Waals surface area (Å²) in [5.41, 5.74) is 1.28. The molecule has 1 unspecified atom stereocenters. The van der Waals surface area contributed by atoms with Crippen LogP contribution in [0.25, 0.3) is 0 Å². The van der Waals surface area contributed by atoms with E-state index in [-0.39, 0.29) is 12.5 Å². The van der Waals surface area contributed by atoms with Crippen molar-refractivity contribution in [1.29, 1.82) is 0 Å². The molecular weight excluding hydrogens is 310 g/mol. The molecule has 2 N–H and O–H groups in total. The fourth-order valence-electron chi connectivity index (χ4n) is 2.20. The fourth-order valence-corrected chi connectivity index (χ4v) is 2.20. The number of carboxylic acids is 1. The molecule has 6 nitrogen and oxygen atoms in total. The Bertz CT molecular complexity index is 725. The number of carbonyl (C=O) groups excluding carboxylic acids is 2. The van der Waals surface area contributed by atoms with Crippen LogP contribution >= 0.6 is 0 Å². The Kier molecular flexibility index (Phi) is 5.68. The van der Waals surface area contributed by atoms with Crippen molar-refractivity contribution in [1.82, 2.24) is 5.32 Å². The Morgan fingerprint density at radius 2 is 1.62 bits per heavy atom. The predicted octanol–water partition coefficient (Wildman–Crippen LogP) is 2.07. The number of carbonyl (C=O) groups is 3. The number of amides is 1. The average Bonchev–Trinajstić information content (AvgIpc) is 2.62. The summed E-state index contributed by atoms with van der Waals surface area (Å²) >= 11 is 0. The maximum atomic E-state index is 12.0. The number of hydrogen-bond donors (Lipinski definition) is 2. The van der Waals surface area contributed by atoms with Crippen molar-refractivity contribution in [3.63, 3.8) is 0 Å². The van der Waals surface area contributed by atoms with Gasteiger partial charge in [-0.1, -0.05) is 30.3 Å². The van der Waals surface area contributed by atoms with Gasteiger partial charge in [0.15, 0.2) is 0 Å². The monoisotopic (exact) mass is 327 g/mol. The quantitative estimate of drug-likeness (QED) is 0.792. The molecule has 0 fully saturated rings. The van der Waals surface area contributed by atoms with E-state index in [0.29, 0.717) is 16.7 Å². The van der Waals surface area contributed by atoms with E-state index >= 15 is 0 Å². The van der Waals surface area contributed by atoms with Gasteiger partial charge in [0.25, 0.3) is 5.91 Å². The number of ether oxygens (including phenoxy) is 1. The Balaban J connectivity index is 2.08. The van der Waals surface area contributed by atoms with E-state index in [4.69, 9.17) is 0 Å². The molecule has 0 saturated heterocycles. The standard InChI is InChI=1S/C18H17NO5/c1-24-18(23)14-9-7-12(8-10-14)15(17(21)22)11-19-16(20)13-5-3-2-4-6-13/h2-10,15H,11H2,1H3,(H,19,20)(H,21,22). The van der Waals surface area contributed by atoms with Crippen LogP contribution in [0, 0.1) is 0 Å². The van der Waals surface area contributed by atoms with Gasteiger partial charge in [-0.2, -0.15) is 0 Å². The number of rotatable bonds is 6. The normalized spacial score (nSPS) is 11.4. The molecule has 0 aliphatic rings. The Hall–Kier alpha value is -3.15. The van der Waals surface area contributed by atoms with Crippen LogP contribution in [0.4, 0.5) is 0 Å². The lowest BCUT2D eigenvalue weighted by Gasteiger charge is -2.14. The summed E-state index contributed by atoms with van der Waals surface area (Å²) in [5, 5.41) is 12.0. The minimum absolute atomic E-state index is 0.0549. The number of methoxy groups -OCH3 is 1. The Morgan fingerprint density at radius 1 is 1.00 bits per heavy atom. The van der Waals surface area contributed by atoms with Crippen molar-refractivity contribution in [2.75, 3.05) is 13.7 Å². The summed E-state index contributed by atoms with van der Waals surface area (Å²) < 4.78 is 4.60. The van der Waals surface area contributed by atoms with Gasteiger partial charge in [-0.25, -0.2) is 4.79 Å². The van der Waals surface area contributed by atoms with E-state index in [1.807, 2.05) is 0 Å². The summed E-state index contributed by atoms with van der Waals surface area (Å²) in [5.74, 6) is -2.81. The molecule has 124 valence electrons. The van der Waals surface area contributed by atoms with Crippen LogP contribution in [0.5, 0.6) is 0 Å². The minimum atomic E-state index is -1.06. The Labute approximate surface area is 139 Å². The first kappa shape index (κ1) is 17.2. The van der Waals surface area contributed by atoms with Gasteiger partial charge in [-0.15, -0.1) is 0 Å². The molecule has 0 saturated carbocycles. The summed E-state index contributed by atoms with van der Waals surface area (Å²) in [6.45, 7) is -0.0549. The second-order valence-corrected chi connectivity index (χ2v) is 5.08. The first-order valence-corrected chi connectivity index (χ1v) is 7.27. The lowest BCUT2D eigenvalue weighted by molar-refractivity contribution is -0.138. The van der Waals surface area contributed by atoms with E-state index in [0.717, 1.165) is 0 Å². The van der Waals surface area contributed by atoms with Crippen LogP contribution in [0.3, 0.4) is 0 Å². The highest BCUT2D eigenvalue weighted by molar-refractivity contribution is 5.94. The van der Waals surface area contributed by atoms with Crippen molar-refractivity contribution < 1.29 is 24.2 Å². The maximum absolute atomic E-state index is 12.0. The van der Waals surface area contributed by atoms with Gasteiger partial charge >= 0.3 is 11.9 Å². The topological polar surface area (TPSA) is 92.7 Å². The highest BCUT2D eigenvalue weighted by atomic mass is 16.5. The first-order chi connectivity index (χ1) is 11.5. The molecule has 1 amide bonds. The minimum Gasteiger partial charge on any atom is -0.481 e. The summed E-state index contributed by atoms with van der Waals surface area (Å²) in [7, 11) is 1.27. The van der Waals surface area contributed by atoms with Gasteiger partial charge in [-0.05, 0) is 29.8 Å². The smallest absolute Gasteiger partial charge is 0.337 e. The van der Waals surface area contributed by atoms with Gasteiger partial charge < -0.3 is 15.2 Å². The molecule has 2 aromatic carbocycles. The highest BCUT2D eigenvalue weighted by Gasteiger charge is 2.21. The largest absolute Gasteiger partial charge is 0.481 e. The van der Waals surface area contributed by atoms with E-state index < -0.39 is 17.9 Å². The summed E-state index contributed by atoms with van der Waals surface area (Å²) in [6.07, 6.45) is 0. The highest BCUT2D eigenvalue weighted by Crippen LogP contribution is 2.17. The summed E-state index contributed by atoms with van der Waals surface area (Å²) in [4.78, 5) is 34.9. The molecule has 24 heavy (non-hydrogen) atoms. The predicted molar refractivity (Wildman–Crippen MR) is 86.9 cm³/mol. The van der Waals surface area contributed by atoms with Crippen LogP contribution in [0.2, 0.25) is 0 Å². The number of esters is 1. The van der Waals surface area contributed by atoms with Crippen molar-refractivity contribution in [3.8, 4) is 0 Å². The SMILES string of the molecule is COC(=O)c1ccc(C(CNC(=O)c2ccccc2)C(=O)O)cc1. The second kappa shape index (κ2) is 7.92. The summed E-state index contributed by atoms with van der Waals surface area (Å²) in [6, 6.07) is 14.6. The number of benzene rings is 2. The molecule has 0 aromatic heterocycles. The van der Waals surface area contributed by atoms with E-state index in [1.165, 1.54) is 19.2 Å². The third kappa shape index (κ3) is 4.19. The number of carboxylic acid groups (broad SMARTS) is 1. The zero-order chi connectivity index (χ0) is 17.5. The number of nitrogens with one attached hydrogen (secondary N) is 1. The van der Waals surface area contributed by atoms with Crippen molar-refractivity contribution in [2.45, 2.75) is 5.92 Å². The molecule has 0 aliphatic heterocycles. The number of aliphatic carboxylic acids is 1. The average molecular weight is 327 g/mol. The fraction of sp³-hybridized carbons (Fsp3) is 0.167. The maximum Gasteiger partial charge on any atom is 0.337 e. The Morgan fingerprint density at radius 3 is 2.17 bits per heavy atom. The van der Waals surface area contributed by atoms with E-state index in [1.54, 1.807) is 42.5 Å².